The van der Waals surface area contributed by atoms with Gasteiger partial charge in [-0.25, -0.2) is 4.79 Å². The SMILES string of the molecule is CC(C)(C)OC(=O)Nc1cc2c(c(C(F)(F)F)c1)C(=O)N1CCNC[C@@H]21. The molecule has 1 atom stereocenters. The molecule has 1 saturated heterocycles. The van der Waals surface area contributed by atoms with Gasteiger partial charge < -0.3 is 15.0 Å². The number of carbonyl (C=O) groups is 2. The maximum atomic E-state index is 13.6. The van der Waals surface area contributed by atoms with Gasteiger partial charge in [-0.15, -0.1) is 0 Å². The fourth-order valence-corrected chi connectivity index (χ4v) is 3.25. The highest BCUT2D eigenvalue weighted by Gasteiger charge is 2.45. The fraction of sp³-hybridized carbons (Fsp3) is 0.529. The smallest absolute Gasteiger partial charge is 0.417 e. The summed E-state index contributed by atoms with van der Waals surface area (Å²) in [5, 5.41) is 5.42. The maximum absolute atomic E-state index is 13.6. The standard InChI is InChI=1S/C17H20F3N3O3/c1-16(2,3)26-15(25)22-9-6-10-12-8-21-4-5-23(12)14(24)13(10)11(7-9)17(18,19)20/h6-7,12,21H,4-5,8H2,1-3H3,(H,22,25)/t12-/m0/s1. The lowest BCUT2D eigenvalue weighted by atomic mass is 9.97. The van der Waals surface area contributed by atoms with Crippen LogP contribution in [0.25, 0.3) is 0 Å². The topological polar surface area (TPSA) is 70.7 Å². The van der Waals surface area contributed by atoms with Crippen LogP contribution in [-0.4, -0.2) is 42.1 Å². The number of fused-ring (bicyclic) bond motifs is 3. The molecule has 2 amide bonds. The number of amides is 2. The normalized spacial score (nSPS) is 19.8. The Hall–Kier alpha value is -2.29. The van der Waals surface area contributed by atoms with Crippen LogP contribution in [0.1, 0.15) is 48.3 Å². The molecule has 2 aliphatic rings. The van der Waals surface area contributed by atoms with E-state index >= 15 is 0 Å². The lowest BCUT2D eigenvalue weighted by Crippen LogP contribution is -2.44. The molecule has 0 aromatic heterocycles. The zero-order valence-electron chi connectivity index (χ0n) is 14.7. The molecule has 9 heteroatoms. The highest BCUT2D eigenvalue weighted by atomic mass is 19.4. The van der Waals surface area contributed by atoms with Gasteiger partial charge in [0, 0.05) is 25.3 Å². The van der Waals surface area contributed by atoms with Crippen LogP contribution in [0, 0.1) is 0 Å². The van der Waals surface area contributed by atoms with Gasteiger partial charge in [0.2, 0.25) is 0 Å². The second-order valence-corrected chi connectivity index (χ2v) is 7.33. The number of ether oxygens (including phenoxy) is 1. The molecule has 1 fully saturated rings. The van der Waals surface area contributed by atoms with E-state index in [0.717, 1.165) is 6.07 Å². The monoisotopic (exact) mass is 371 g/mol. The fourth-order valence-electron chi connectivity index (χ4n) is 3.25. The van der Waals surface area contributed by atoms with Crippen LogP contribution in [-0.2, 0) is 10.9 Å². The van der Waals surface area contributed by atoms with E-state index in [-0.39, 0.29) is 16.8 Å². The molecule has 6 nitrogen and oxygen atoms in total. The Morgan fingerprint density at radius 2 is 2.00 bits per heavy atom. The first-order valence-corrected chi connectivity index (χ1v) is 8.24. The van der Waals surface area contributed by atoms with Gasteiger partial charge in [0.25, 0.3) is 5.91 Å². The maximum Gasteiger partial charge on any atom is 0.417 e. The van der Waals surface area contributed by atoms with Gasteiger partial charge in [0.15, 0.2) is 0 Å². The molecule has 0 saturated carbocycles. The van der Waals surface area contributed by atoms with Crippen molar-refractivity contribution in [3.8, 4) is 0 Å². The third-order valence-electron chi connectivity index (χ3n) is 4.20. The predicted molar refractivity (Wildman–Crippen MR) is 87.9 cm³/mol. The third-order valence-corrected chi connectivity index (χ3v) is 4.20. The number of hydrogen-bond acceptors (Lipinski definition) is 4. The number of anilines is 1. The number of carbonyl (C=O) groups excluding carboxylic acids is 2. The molecule has 2 heterocycles. The lowest BCUT2D eigenvalue weighted by molar-refractivity contribution is -0.137. The van der Waals surface area contributed by atoms with Crippen LogP contribution in [0.5, 0.6) is 0 Å². The summed E-state index contributed by atoms with van der Waals surface area (Å²) in [6.45, 7) is 6.19. The summed E-state index contributed by atoms with van der Waals surface area (Å²) >= 11 is 0. The zero-order valence-corrected chi connectivity index (χ0v) is 14.7. The Morgan fingerprint density at radius 3 is 2.62 bits per heavy atom. The van der Waals surface area contributed by atoms with Crippen LogP contribution >= 0.6 is 0 Å². The number of piperazine rings is 1. The van der Waals surface area contributed by atoms with E-state index in [0.29, 0.717) is 19.6 Å². The van der Waals surface area contributed by atoms with Gasteiger partial charge in [0.05, 0.1) is 17.2 Å². The van der Waals surface area contributed by atoms with E-state index in [4.69, 9.17) is 4.74 Å². The predicted octanol–water partition coefficient (Wildman–Crippen LogP) is 3.15. The van der Waals surface area contributed by atoms with Crippen molar-refractivity contribution in [3.63, 3.8) is 0 Å². The molecule has 3 rings (SSSR count). The average Bonchev–Trinajstić information content (AvgIpc) is 2.77. The van der Waals surface area contributed by atoms with Gasteiger partial charge in [0.1, 0.15) is 5.60 Å². The van der Waals surface area contributed by atoms with Crippen molar-refractivity contribution in [2.75, 3.05) is 25.0 Å². The Kier molecular flexibility index (Phi) is 4.38. The second kappa shape index (κ2) is 6.15. The summed E-state index contributed by atoms with van der Waals surface area (Å²) in [5.74, 6) is -0.623. The highest BCUT2D eigenvalue weighted by Crippen LogP contribution is 2.43. The molecule has 2 aliphatic heterocycles. The number of rotatable bonds is 1. The Balaban J connectivity index is 2.02. The van der Waals surface area contributed by atoms with Crippen LogP contribution in [0.4, 0.5) is 23.7 Å². The molecule has 0 spiro atoms. The number of halogens is 3. The van der Waals surface area contributed by atoms with Crippen molar-refractivity contribution in [2.45, 2.75) is 38.6 Å². The molecule has 0 radical (unpaired) electrons. The third kappa shape index (κ3) is 3.48. The van der Waals surface area contributed by atoms with Crippen molar-refractivity contribution < 1.29 is 27.5 Å². The Morgan fingerprint density at radius 1 is 1.31 bits per heavy atom. The van der Waals surface area contributed by atoms with Crippen molar-refractivity contribution in [1.82, 2.24) is 10.2 Å². The summed E-state index contributed by atoms with van der Waals surface area (Å²) in [6, 6.07) is 1.73. The summed E-state index contributed by atoms with van der Waals surface area (Å²) in [5.41, 5.74) is -1.94. The summed E-state index contributed by atoms with van der Waals surface area (Å²) in [7, 11) is 0. The van der Waals surface area contributed by atoms with E-state index in [1.165, 1.54) is 11.0 Å². The first-order valence-electron chi connectivity index (χ1n) is 8.24. The average molecular weight is 371 g/mol. The van der Waals surface area contributed by atoms with E-state index in [9.17, 15) is 22.8 Å². The second-order valence-electron chi connectivity index (χ2n) is 7.33. The van der Waals surface area contributed by atoms with E-state index in [1.54, 1.807) is 20.8 Å². The number of nitrogens with one attached hydrogen (secondary N) is 2. The number of hydrogen-bond donors (Lipinski definition) is 2. The number of benzene rings is 1. The minimum atomic E-state index is -4.71. The molecular weight excluding hydrogens is 351 g/mol. The van der Waals surface area contributed by atoms with Crippen molar-refractivity contribution >= 4 is 17.7 Å². The Labute approximate surface area is 148 Å². The summed E-state index contributed by atoms with van der Waals surface area (Å²) in [6.07, 6.45) is -5.57. The van der Waals surface area contributed by atoms with Gasteiger partial charge >= 0.3 is 12.3 Å². The van der Waals surface area contributed by atoms with Crippen LogP contribution < -0.4 is 10.6 Å². The van der Waals surface area contributed by atoms with Gasteiger partial charge in [-0.2, -0.15) is 13.2 Å². The Bertz CT molecular complexity index is 756. The first kappa shape index (κ1) is 18.5. The lowest BCUT2D eigenvalue weighted by Gasteiger charge is -2.30. The van der Waals surface area contributed by atoms with Crippen LogP contribution in [0.2, 0.25) is 0 Å². The van der Waals surface area contributed by atoms with Gasteiger partial charge in [-0.05, 0) is 38.5 Å². The van der Waals surface area contributed by atoms with Crippen molar-refractivity contribution in [2.24, 2.45) is 0 Å². The first-order chi connectivity index (χ1) is 12.0. The molecule has 142 valence electrons. The van der Waals surface area contributed by atoms with Crippen LogP contribution in [0.3, 0.4) is 0 Å². The van der Waals surface area contributed by atoms with Gasteiger partial charge in [-0.1, -0.05) is 0 Å². The number of alkyl halides is 3. The van der Waals surface area contributed by atoms with Crippen LogP contribution in [0.15, 0.2) is 12.1 Å². The molecule has 0 unspecified atom stereocenters. The molecule has 26 heavy (non-hydrogen) atoms. The summed E-state index contributed by atoms with van der Waals surface area (Å²) in [4.78, 5) is 25.9. The molecule has 2 N–H and O–H groups in total. The highest BCUT2D eigenvalue weighted by molar-refractivity contribution is 6.02. The van der Waals surface area contributed by atoms with Crippen molar-refractivity contribution in [1.29, 1.82) is 0 Å². The largest absolute Gasteiger partial charge is 0.444 e. The quantitative estimate of drug-likeness (QED) is 0.796. The van der Waals surface area contributed by atoms with E-state index < -0.39 is 35.4 Å². The van der Waals surface area contributed by atoms with Crippen molar-refractivity contribution in [3.05, 3.63) is 28.8 Å². The zero-order chi connectivity index (χ0) is 19.3. The molecule has 0 aliphatic carbocycles. The minimum Gasteiger partial charge on any atom is -0.444 e. The molecule has 1 aromatic carbocycles. The molecular formula is C17H20F3N3O3. The molecule has 0 bridgehead atoms. The van der Waals surface area contributed by atoms with E-state index in [2.05, 4.69) is 10.6 Å². The molecule has 1 aromatic rings. The van der Waals surface area contributed by atoms with E-state index in [1.807, 2.05) is 0 Å². The summed E-state index contributed by atoms with van der Waals surface area (Å²) < 4.78 is 45.8. The van der Waals surface area contributed by atoms with Gasteiger partial charge in [-0.3, -0.25) is 10.1 Å². The number of nitrogens with zero attached hydrogens (tertiary/aromatic N) is 1. The minimum absolute atomic E-state index is 0.0504.